The van der Waals surface area contributed by atoms with E-state index in [9.17, 15) is 9.59 Å². The van der Waals surface area contributed by atoms with E-state index in [1.54, 1.807) is 29.8 Å². The first kappa shape index (κ1) is 18.1. The molecule has 2 amide bonds. The van der Waals surface area contributed by atoms with Gasteiger partial charge in [-0.2, -0.15) is 0 Å². The summed E-state index contributed by atoms with van der Waals surface area (Å²) in [6, 6.07) is 9.11. The molecule has 24 heavy (non-hydrogen) atoms. The Kier molecular flexibility index (Phi) is 6.43. The Morgan fingerprint density at radius 2 is 2.04 bits per heavy atom. The molecule has 0 aliphatic carbocycles. The van der Waals surface area contributed by atoms with E-state index in [-0.39, 0.29) is 30.7 Å². The minimum absolute atomic E-state index is 0.112. The molecule has 128 valence electrons. The minimum Gasteiger partial charge on any atom is -0.364 e. The second kappa shape index (κ2) is 8.54. The fourth-order valence-corrected chi connectivity index (χ4v) is 2.76. The lowest BCUT2D eigenvalue weighted by atomic mass is 10.2. The van der Waals surface area contributed by atoms with Gasteiger partial charge in [-0.1, -0.05) is 17.3 Å². The Hall–Kier alpha value is -2.28. The molecule has 0 aliphatic rings. The average molecular weight is 347 g/mol. The smallest absolute Gasteiger partial charge is 0.224 e. The molecule has 0 spiro atoms. The van der Waals surface area contributed by atoms with Crippen LogP contribution in [0.5, 0.6) is 0 Å². The molecule has 0 radical (unpaired) electrons. The summed E-state index contributed by atoms with van der Waals surface area (Å²) in [5.74, 6) is -0.286. The van der Waals surface area contributed by atoms with Crippen molar-refractivity contribution in [3.8, 4) is 0 Å². The number of carbonyl (C=O) groups is 2. The standard InChI is InChI=1S/C17H21N3O3S/c1-12(13-10-11-23-19-13)20(2)17(22)9-8-16(21)18-14-6-4-5-7-15(14)24-3/h4-7,10-12H,8-9H2,1-3H3,(H,18,21)/t12-/m0/s1. The average Bonchev–Trinajstić information content (AvgIpc) is 3.13. The number of nitrogens with one attached hydrogen (secondary N) is 1. The van der Waals surface area contributed by atoms with Crippen molar-refractivity contribution >= 4 is 29.3 Å². The third-order valence-corrected chi connectivity index (χ3v) is 4.60. The van der Waals surface area contributed by atoms with Gasteiger partial charge in [-0.15, -0.1) is 11.8 Å². The van der Waals surface area contributed by atoms with Crippen LogP contribution in [0.2, 0.25) is 0 Å². The summed E-state index contributed by atoms with van der Waals surface area (Å²) in [6.45, 7) is 1.87. The topological polar surface area (TPSA) is 75.4 Å². The van der Waals surface area contributed by atoms with E-state index in [2.05, 4.69) is 10.5 Å². The highest BCUT2D eigenvalue weighted by Crippen LogP contribution is 2.25. The van der Waals surface area contributed by atoms with Crippen LogP contribution in [0.25, 0.3) is 0 Å². The Bertz CT molecular complexity index is 688. The van der Waals surface area contributed by atoms with E-state index in [1.807, 2.05) is 37.4 Å². The van der Waals surface area contributed by atoms with E-state index in [1.165, 1.54) is 6.26 Å². The number of amides is 2. The van der Waals surface area contributed by atoms with Gasteiger partial charge in [-0.3, -0.25) is 9.59 Å². The van der Waals surface area contributed by atoms with Gasteiger partial charge < -0.3 is 14.7 Å². The lowest BCUT2D eigenvalue weighted by molar-refractivity contribution is -0.133. The fraction of sp³-hybridized carbons (Fsp3) is 0.353. The molecule has 1 heterocycles. The summed E-state index contributed by atoms with van der Waals surface area (Å²) in [7, 11) is 1.70. The number of hydrogen-bond donors (Lipinski definition) is 1. The van der Waals surface area contributed by atoms with Gasteiger partial charge in [0, 0.05) is 30.9 Å². The molecule has 0 fully saturated rings. The summed E-state index contributed by atoms with van der Waals surface area (Å²) in [5.41, 5.74) is 1.45. The van der Waals surface area contributed by atoms with Crippen molar-refractivity contribution in [2.45, 2.75) is 30.7 Å². The second-order valence-corrected chi connectivity index (χ2v) is 6.20. The zero-order valence-electron chi connectivity index (χ0n) is 14.0. The van der Waals surface area contributed by atoms with Crippen molar-refractivity contribution in [3.63, 3.8) is 0 Å². The van der Waals surface area contributed by atoms with Crippen molar-refractivity contribution < 1.29 is 14.1 Å². The number of anilines is 1. The quantitative estimate of drug-likeness (QED) is 0.778. The maximum absolute atomic E-state index is 12.2. The maximum Gasteiger partial charge on any atom is 0.224 e. The van der Waals surface area contributed by atoms with Gasteiger partial charge in [0.2, 0.25) is 11.8 Å². The molecular weight excluding hydrogens is 326 g/mol. The molecule has 1 aromatic heterocycles. The first-order chi connectivity index (χ1) is 11.5. The van der Waals surface area contributed by atoms with Gasteiger partial charge in [0.05, 0.1) is 11.7 Å². The Labute approximate surface area is 145 Å². The number of hydrogen-bond acceptors (Lipinski definition) is 5. The molecule has 1 atom stereocenters. The van der Waals surface area contributed by atoms with Crippen LogP contribution >= 0.6 is 11.8 Å². The van der Waals surface area contributed by atoms with Gasteiger partial charge in [0.1, 0.15) is 12.0 Å². The van der Waals surface area contributed by atoms with E-state index < -0.39 is 0 Å². The van der Waals surface area contributed by atoms with Gasteiger partial charge in [0.25, 0.3) is 0 Å². The highest BCUT2D eigenvalue weighted by molar-refractivity contribution is 7.98. The molecule has 1 aromatic carbocycles. The van der Waals surface area contributed by atoms with Crippen LogP contribution in [-0.4, -0.2) is 35.2 Å². The number of para-hydroxylation sites is 1. The maximum atomic E-state index is 12.2. The third kappa shape index (κ3) is 4.61. The van der Waals surface area contributed by atoms with Crippen molar-refractivity contribution in [1.29, 1.82) is 0 Å². The molecule has 2 aromatic rings. The van der Waals surface area contributed by atoms with E-state index in [4.69, 9.17) is 4.52 Å². The molecule has 1 N–H and O–H groups in total. The van der Waals surface area contributed by atoms with Gasteiger partial charge in [0.15, 0.2) is 0 Å². The Balaban J connectivity index is 1.86. The lowest BCUT2D eigenvalue weighted by Crippen LogP contribution is -2.30. The molecule has 0 bridgehead atoms. The molecule has 0 aliphatic heterocycles. The van der Waals surface area contributed by atoms with Gasteiger partial charge in [-0.05, 0) is 25.3 Å². The van der Waals surface area contributed by atoms with E-state index >= 15 is 0 Å². The normalized spacial score (nSPS) is 11.8. The van der Waals surface area contributed by atoms with Gasteiger partial charge >= 0.3 is 0 Å². The summed E-state index contributed by atoms with van der Waals surface area (Å²) >= 11 is 1.56. The summed E-state index contributed by atoms with van der Waals surface area (Å²) in [5, 5.41) is 6.69. The van der Waals surface area contributed by atoms with Crippen LogP contribution < -0.4 is 5.32 Å². The van der Waals surface area contributed by atoms with Crippen LogP contribution in [0, 0.1) is 0 Å². The number of rotatable bonds is 7. The monoisotopic (exact) mass is 347 g/mol. The van der Waals surface area contributed by atoms with Gasteiger partial charge in [-0.25, -0.2) is 0 Å². The first-order valence-corrected chi connectivity index (χ1v) is 8.84. The lowest BCUT2D eigenvalue weighted by Gasteiger charge is -2.23. The first-order valence-electron chi connectivity index (χ1n) is 7.61. The molecule has 2 rings (SSSR count). The van der Waals surface area contributed by atoms with Crippen LogP contribution in [0.15, 0.2) is 46.0 Å². The molecule has 6 nitrogen and oxygen atoms in total. The number of benzene rings is 1. The van der Waals surface area contributed by atoms with Crippen LogP contribution in [-0.2, 0) is 9.59 Å². The number of thioether (sulfide) groups is 1. The predicted molar refractivity (Wildman–Crippen MR) is 93.8 cm³/mol. The van der Waals surface area contributed by atoms with Crippen molar-refractivity contribution in [3.05, 3.63) is 42.3 Å². The van der Waals surface area contributed by atoms with Crippen molar-refractivity contribution in [2.75, 3.05) is 18.6 Å². The third-order valence-electron chi connectivity index (χ3n) is 3.81. The van der Waals surface area contributed by atoms with Crippen LogP contribution in [0.1, 0.15) is 31.5 Å². The molecule has 0 saturated heterocycles. The summed E-state index contributed by atoms with van der Waals surface area (Å²) in [6.07, 6.45) is 3.71. The van der Waals surface area contributed by atoms with Crippen molar-refractivity contribution in [1.82, 2.24) is 10.1 Å². The van der Waals surface area contributed by atoms with E-state index in [0.29, 0.717) is 5.69 Å². The molecule has 0 saturated carbocycles. The summed E-state index contributed by atoms with van der Waals surface area (Å²) < 4.78 is 4.80. The fourth-order valence-electron chi connectivity index (χ4n) is 2.21. The zero-order valence-corrected chi connectivity index (χ0v) is 14.8. The van der Waals surface area contributed by atoms with Crippen LogP contribution in [0.3, 0.4) is 0 Å². The second-order valence-electron chi connectivity index (χ2n) is 5.35. The number of carbonyl (C=O) groups excluding carboxylic acids is 2. The Morgan fingerprint density at radius 3 is 2.71 bits per heavy atom. The molecular formula is C17H21N3O3S. The van der Waals surface area contributed by atoms with Crippen molar-refractivity contribution in [2.24, 2.45) is 0 Å². The number of aromatic nitrogens is 1. The van der Waals surface area contributed by atoms with Crippen LogP contribution in [0.4, 0.5) is 5.69 Å². The molecule has 0 unspecified atom stereocenters. The number of nitrogens with zero attached hydrogens (tertiary/aromatic N) is 2. The highest BCUT2D eigenvalue weighted by Gasteiger charge is 2.20. The SMILES string of the molecule is CSc1ccccc1NC(=O)CCC(=O)N(C)[C@@H](C)c1ccon1. The largest absolute Gasteiger partial charge is 0.364 e. The van der Waals surface area contributed by atoms with E-state index in [0.717, 1.165) is 10.6 Å². The minimum atomic E-state index is -0.198. The molecule has 7 heteroatoms. The Morgan fingerprint density at radius 1 is 1.29 bits per heavy atom. The highest BCUT2D eigenvalue weighted by atomic mass is 32.2. The summed E-state index contributed by atoms with van der Waals surface area (Å²) in [4.78, 5) is 26.9. The zero-order chi connectivity index (χ0) is 17.5. The predicted octanol–water partition coefficient (Wildman–Crippen LogP) is 3.33.